The predicted octanol–water partition coefficient (Wildman–Crippen LogP) is 1.73. The Bertz CT molecular complexity index is 175. The van der Waals surface area contributed by atoms with Gasteiger partial charge in [0.05, 0.1) is 13.2 Å². The minimum Gasteiger partial charge on any atom is -0.379 e. The highest BCUT2D eigenvalue weighted by Crippen LogP contribution is 2.15. The topological polar surface area (TPSA) is 24.5 Å². The molecule has 1 N–H and O–H groups in total. The third kappa shape index (κ3) is 4.40. The number of hydrogen-bond acceptors (Lipinski definition) is 3. The Kier molecular flexibility index (Phi) is 7.01. The molecule has 1 rings (SSSR count). The molecule has 3 nitrogen and oxygen atoms in total. The van der Waals surface area contributed by atoms with E-state index in [1.54, 1.807) is 0 Å². The van der Waals surface area contributed by atoms with Crippen LogP contribution in [0.15, 0.2) is 0 Å². The molecule has 96 valence electrons. The van der Waals surface area contributed by atoms with Crippen LogP contribution in [0.25, 0.3) is 0 Å². The van der Waals surface area contributed by atoms with Gasteiger partial charge in [0.1, 0.15) is 0 Å². The van der Waals surface area contributed by atoms with Crippen molar-refractivity contribution in [1.29, 1.82) is 0 Å². The molecule has 0 spiro atoms. The summed E-state index contributed by atoms with van der Waals surface area (Å²) in [6.45, 7) is 13.2. The molecule has 0 saturated carbocycles. The fourth-order valence-corrected chi connectivity index (χ4v) is 2.36. The van der Waals surface area contributed by atoms with Gasteiger partial charge in [0, 0.05) is 18.5 Å². The van der Waals surface area contributed by atoms with Crippen molar-refractivity contribution in [3.05, 3.63) is 0 Å². The van der Waals surface area contributed by atoms with Crippen molar-refractivity contribution in [2.24, 2.45) is 5.92 Å². The molecule has 1 aliphatic heterocycles. The SMILES string of the molecule is CCCNC1COCC1CN(CC)CCC. The largest absolute Gasteiger partial charge is 0.379 e. The van der Waals surface area contributed by atoms with Gasteiger partial charge < -0.3 is 15.0 Å². The zero-order chi connectivity index (χ0) is 11.8. The summed E-state index contributed by atoms with van der Waals surface area (Å²) in [7, 11) is 0. The van der Waals surface area contributed by atoms with Crippen molar-refractivity contribution >= 4 is 0 Å². The molecular weight excluding hydrogens is 200 g/mol. The Morgan fingerprint density at radius 3 is 2.62 bits per heavy atom. The maximum Gasteiger partial charge on any atom is 0.0623 e. The highest BCUT2D eigenvalue weighted by molar-refractivity contribution is 4.83. The van der Waals surface area contributed by atoms with E-state index < -0.39 is 0 Å². The van der Waals surface area contributed by atoms with Gasteiger partial charge in [-0.1, -0.05) is 20.8 Å². The lowest BCUT2D eigenvalue weighted by molar-refractivity contribution is 0.168. The van der Waals surface area contributed by atoms with Gasteiger partial charge in [-0.15, -0.1) is 0 Å². The summed E-state index contributed by atoms with van der Waals surface area (Å²) in [5.74, 6) is 0.679. The van der Waals surface area contributed by atoms with Crippen LogP contribution in [0.5, 0.6) is 0 Å². The van der Waals surface area contributed by atoms with Gasteiger partial charge in [-0.05, 0) is 32.5 Å². The van der Waals surface area contributed by atoms with E-state index in [1.807, 2.05) is 0 Å². The van der Waals surface area contributed by atoms with Gasteiger partial charge >= 0.3 is 0 Å². The molecule has 3 heteroatoms. The molecule has 0 aromatic carbocycles. The Morgan fingerprint density at radius 1 is 1.19 bits per heavy atom. The first kappa shape index (κ1) is 13.9. The first-order valence-electron chi connectivity index (χ1n) is 6.85. The molecule has 1 aliphatic rings. The third-order valence-corrected chi connectivity index (χ3v) is 3.33. The van der Waals surface area contributed by atoms with E-state index in [4.69, 9.17) is 4.74 Å². The van der Waals surface area contributed by atoms with Crippen molar-refractivity contribution < 1.29 is 4.74 Å². The van der Waals surface area contributed by atoms with E-state index in [1.165, 1.54) is 25.9 Å². The average Bonchev–Trinajstić information content (AvgIpc) is 2.73. The summed E-state index contributed by atoms with van der Waals surface area (Å²) in [5.41, 5.74) is 0. The summed E-state index contributed by atoms with van der Waals surface area (Å²) in [4.78, 5) is 2.54. The van der Waals surface area contributed by atoms with Crippen LogP contribution in [0.2, 0.25) is 0 Å². The molecule has 0 amide bonds. The number of ether oxygens (including phenoxy) is 1. The molecule has 1 heterocycles. The van der Waals surface area contributed by atoms with Crippen molar-refractivity contribution in [1.82, 2.24) is 10.2 Å². The zero-order valence-electron chi connectivity index (χ0n) is 11.2. The number of rotatable bonds is 8. The fourth-order valence-electron chi connectivity index (χ4n) is 2.36. The Hall–Kier alpha value is -0.120. The van der Waals surface area contributed by atoms with Crippen LogP contribution < -0.4 is 5.32 Å². The van der Waals surface area contributed by atoms with Gasteiger partial charge in [-0.2, -0.15) is 0 Å². The Balaban J connectivity index is 2.32. The second-order valence-electron chi connectivity index (χ2n) is 4.75. The van der Waals surface area contributed by atoms with Crippen LogP contribution in [-0.4, -0.2) is 50.3 Å². The van der Waals surface area contributed by atoms with E-state index in [-0.39, 0.29) is 0 Å². The maximum atomic E-state index is 5.60. The average molecular weight is 228 g/mol. The molecule has 0 aliphatic carbocycles. The monoisotopic (exact) mass is 228 g/mol. The lowest BCUT2D eigenvalue weighted by Crippen LogP contribution is -2.42. The fraction of sp³-hybridized carbons (Fsp3) is 1.00. The first-order valence-corrected chi connectivity index (χ1v) is 6.85. The van der Waals surface area contributed by atoms with E-state index in [9.17, 15) is 0 Å². The molecular formula is C13H28N2O. The smallest absolute Gasteiger partial charge is 0.0623 e. The number of nitrogens with one attached hydrogen (secondary N) is 1. The van der Waals surface area contributed by atoms with Crippen molar-refractivity contribution in [3.63, 3.8) is 0 Å². The van der Waals surface area contributed by atoms with E-state index in [0.717, 1.165) is 26.3 Å². The summed E-state index contributed by atoms with van der Waals surface area (Å²) in [6, 6.07) is 0.575. The van der Waals surface area contributed by atoms with E-state index in [0.29, 0.717) is 12.0 Å². The molecule has 0 bridgehead atoms. The Labute approximate surface area is 101 Å². The first-order chi connectivity index (χ1) is 7.81. The van der Waals surface area contributed by atoms with Crippen LogP contribution in [0.4, 0.5) is 0 Å². The highest BCUT2D eigenvalue weighted by Gasteiger charge is 2.28. The van der Waals surface area contributed by atoms with E-state index >= 15 is 0 Å². The predicted molar refractivity (Wildman–Crippen MR) is 68.8 cm³/mol. The van der Waals surface area contributed by atoms with Crippen LogP contribution in [0, 0.1) is 5.92 Å². The molecule has 2 unspecified atom stereocenters. The van der Waals surface area contributed by atoms with Crippen LogP contribution in [0.1, 0.15) is 33.6 Å². The lowest BCUT2D eigenvalue weighted by Gasteiger charge is -2.26. The minimum absolute atomic E-state index is 0.575. The quantitative estimate of drug-likeness (QED) is 0.685. The third-order valence-electron chi connectivity index (χ3n) is 3.33. The van der Waals surface area contributed by atoms with Gasteiger partial charge in [0.25, 0.3) is 0 Å². The highest BCUT2D eigenvalue weighted by atomic mass is 16.5. The van der Waals surface area contributed by atoms with Crippen molar-refractivity contribution in [3.8, 4) is 0 Å². The summed E-state index contributed by atoms with van der Waals surface area (Å²) < 4.78 is 5.60. The number of nitrogens with zero attached hydrogens (tertiary/aromatic N) is 1. The normalized spacial score (nSPS) is 25.5. The van der Waals surface area contributed by atoms with Gasteiger partial charge in [-0.3, -0.25) is 0 Å². The second kappa shape index (κ2) is 8.04. The summed E-state index contributed by atoms with van der Waals surface area (Å²) in [6.07, 6.45) is 2.45. The zero-order valence-corrected chi connectivity index (χ0v) is 11.2. The standard InChI is InChI=1S/C13H28N2O/c1-4-7-14-13-11-16-10-12(13)9-15(6-3)8-5-2/h12-14H,4-11H2,1-3H3. The van der Waals surface area contributed by atoms with Crippen molar-refractivity contribution in [2.75, 3.05) is 39.4 Å². The van der Waals surface area contributed by atoms with Crippen LogP contribution >= 0.6 is 0 Å². The maximum absolute atomic E-state index is 5.60. The van der Waals surface area contributed by atoms with E-state index in [2.05, 4.69) is 31.0 Å². The molecule has 0 aromatic rings. The van der Waals surface area contributed by atoms with Gasteiger partial charge in [0.2, 0.25) is 0 Å². The molecule has 16 heavy (non-hydrogen) atoms. The molecule has 1 fully saturated rings. The van der Waals surface area contributed by atoms with Gasteiger partial charge in [-0.25, -0.2) is 0 Å². The van der Waals surface area contributed by atoms with Crippen LogP contribution in [0.3, 0.4) is 0 Å². The molecule has 0 radical (unpaired) electrons. The van der Waals surface area contributed by atoms with Crippen LogP contribution in [-0.2, 0) is 4.74 Å². The molecule has 2 atom stereocenters. The molecule has 0 aromatic heterocycles. The second-order valence-corrected chi connectivity index (χ2v) is 4.75. The summed E-state index contributed by atoms with van der Waals surface area (Å²) in [5, 5.41) is 3.60. The summed E-state index contributed by atoms with van der Waals surface area (Å²) >= 11 is 0. The number of hydrogen-bond donors (Lipinski definition) is 1. The lowest BCUT2D eigenvalue weighted by atomic mass is 10.0. The minimum atomic E-state index is 0.575. The van der Waals surface area contributed by atoms with Crippen molar-refractivity contribution in [2.45, 2.75) is 39.7 Å². The molecule has 1 saturated heterocycles. The van der Waals surface area contributed by atoms with Gasteiger partial charge in [0.15, 0.2) is 0 Å². The Morgan fingerprint density at radius 2 is 2.00 bits per heavy atom.